The van der Waals surface area contributed by atoms with Crippen LogP contribution in [0.25, 0.3) is 0 Å². The van der Waals surface area contributed by atoms with E-state index in [0.717, 1.165) is 4.90 Å². The molecule has 1 N–H and O–H groups in total. The first-order chi connectivity index (χ1) is 9.78. The van der Waals surface area contributed by atoms with E-state index in [0.29, 0.717) is 16.3 Å². The lowest BCUT2D eigenvalue weighted by Crippen LogP contribution is -2.61. The van der Waals surface area contributed by atoms with Crippen LogP contribution in [0, 0.1) is 5.41 Å². The first-order valence-electron chi connectivity index (χ1n) is 6.27. The van der Waals surface area contributed by atoms with Gasteiger partial charge in [0, 0.05) is 10.6 Å². The molecule has 0 aromatic heterocycles. The van der Waals surface area contributed by atoms with Crippen molar-refractivity contribution in [1.29, 1.82) is 0 Å². The van der Waals surface area contributed by atoms with Crippen molar-refractivity contribution in [3.8, 4) is 5.75 Å². The Kier molecular flexibility index (Phi) is 3.91. The number of nitrogens with one attached hydrogen (secondary N) is 1. The highest BCUT2D eigenvalue weighted by molar-refractivity contribution is 6.31. The van der Waals surface area contributed by atoms with Gasteiger partial charge in [0.15, 0.2) is 0 Å². The van der Waals surface area contributed by atoms with E-state index in [1.807, 2.05) is 0 Å². The zero-order valence-electron chi connectivity index (χ0n) is 11.9. The Hall–Kier alpha value is -2.08. The molecule has 1 aromatic rings. The number of barbiturate groups is 1. The van der Waals surface area contributed by atoms with Crippen molar-refractivity contribution in [2.75, 3.05) is 7.11 Å². The lowest BCUT2D eigenvalue weighted by molar-refractivity contribution is -0.149. The molecule has 1 heterocycles. The average molecular weight is 311 g/mol. The quantitative estimate of drug-likeness (QED) is 0.866. The predicted molar refractivity (Wildman–Crippen MR) is 75.9 cm³/mol. The van der Waals surface area contributed by atoms with E-state index < -0.39 is 23.3 Å². The monoisotopic (exact) mass is 310 g/mol. The van der Waals surface area contributed by atoms with Gasteiger partial charge in [-0.15, -0.1) is 0 Å². The second-order valence-corrected chi connectivity index (χ2v) is 5.60. The Morgan fingerprint density at radius 2 is 1.95 bits per heavy atom. The molecule has 1 aliphatic rings. The fourth-order valence-corrected chi connectivity index (χ4v) is 2.26. The number of rotatable bonds is 3. The van der Waals surface area contributed by atoms with Crippen molar-refractivity contribution >= 4 is 29.4 Å². The maximum atomic E-state index is 12.3. The fourth-order valence-electron chi connectivity index (χ4n) is 2.03. The van der Waals surface area contributed by atoms with Gasteiger partial charge in [-0.05, 0) is 26.0 Å². The number of hydrogen-bond donors (Lipinski definition) is 1. The zero-order valence-corrected chi connectivity index (χ0v) is 12.7. The average Bonchev–Trinajstić information content (AvgIpc) is 2.43. The maximum absolute atomic E-state index is 12.3. The van der Waals surface area contributed by atoms with Gasteiger partial charge in [0.05, 0.1) is 13.7 Å². The Labute approximate surface area is 127 Å². The molecule has 1 aliphatic heterocycles. The molecule has 1 aromatic carbocycles. The first-order valence-corrected chi connectivity index (χ1v) is 6.65. The van der Waals surface area contributed by atoms with E-state index in [1.165, 1.54) is 21.0 Å². The summed E-state index contributed by atoms with van der Waals surface area (Å²) in [5, 5.41) is 2.55. The van der Waals surface area contributed by atoms with Crippen molar-refractivity contribution < 1.29 is 19.1 Å². The van der Waals surface area contributed by atoms with Gasteiger partial charge in [-0.3, -0.25) is 19.8 Å². The number of imide groups is 2. The highest BCUT2D eigenvalue weighted by atomic mass is 35.5. The van der Waals surface area contributed by atoms with Crippen molar-refractivity contribution in [3.63, 3.8) is 0 Å². The lowest BCUT2D eigenvalue weighted by atomic mass is 9.88. The highest BCUT2D eigenvalue weighted by Gasteiger charge is 2.47. The standard InChI is InChI=1S/C14H15ClN2O4/c1-14(2)11(18)16-13(20)17(12(14)19)7-8-9(15)5-4-6-10(8)21-3/h4-6H,7H2,1-3H3,(H,16,18,20). The molecule has 0 bridgehead atoms. The summed E-state index contributed by atoms with van der Waals surface area (Å²) in [4.78, 5) is 36.9. The van der Waals surface area contributed by atoms with Gasteiger partial charge < -0.3 is 4.74 Å². The van der Waals surface area contributed by atoms with Gasteiger partial charge in [0.2, 0.25) is 11.8 Å². The number of ether oxygens (including phenoxy) is 1. The summed E-state index contributed by atoms with van der Waals surface area (Å²) >= 11 is 6.11. The van der Waals surface area contributed by atoms with Crippen molar-refractivity contribution in [3.05, 3.63) is 28.8 Å². The number of carbonyl (C=O) groups excluding carboxylic acids is 3. The summed E-state index contributed by atoms with van der Waals surface area (Å²) in [5.41, 5.74) is -0.794. The Morgan fingerprint density at radius 3 is 2.57 bits per heavy atom. The van der Waals surface area contributed by atoms with Crippen LogP contribution in [-0.4, -0.2) is 29.9 Å². The normalized spacial score (nSPS) is 17.7. The van der Waals surface area contributed by atoms with E-state index in [1.54, 1.807) is 18.2 Å². The number of benzene rings is 1. The topological polar surface area (TPSA) is 75.7 Å². The molecule has 1 fully saturated rings. The number of hydrogen-bond acceptors (Lipinski definition) is 4. The summed E-state index contributed by atoms with van der Waals surface area (Å²) in [7, 11) is 1.47. The molecule has 0 aliphatic carbocycles. The molecule has 112 valence electrons. The van der Waals surface area contributed by atoms with Crippen LogP contribution in [0.2, 0.25) is 5.02 Å². The van der Waals surface area contributed by atoms with E-state index in [-0.39, 0.29) is 6.54 Å². The van der Waals surface area contributed by atoms with Gasteiger partial charge in [-0.1, -0.05) is 17.7 Å². The van der Waals surface area contributed by atoms with Gasteiger partial charge in [0.25, 0.3) is 0 Å². The van der Waals surface area contributed by atoms with Gasteiger partial charge in [-0.2, -0.15) is 0 Å². The van der Waals surface area contributed by atoms with Gasteiger partial charge >= 0.3 is 6.03 Å². The Bertz CT molecular complexity index is 627. The van der Waals surface area contributed by atoms with E-state index >= 15 is 0 Å². The number of methoxy groups -OCH3 is 1. The van der Waals surface area contributed by atoms with Crippen LogP contribution >= 0.6 is 11.6 Å². The molecule has 0 unspecified atom stereocenters. The number of carbonyl (C=O) groups is 3. The molecule has 7 heteroatoms. The third kappa shape index (κ3) is 2.58. The van der Waals surface area contributed by atoms with Crippen LogP contribution in [0.1, 0.15) is 19.4 Å². The van der Waals surface area contributed by atoms with Crippen molar-refractivity contribution in [2.24, 2.45) is 5.41 Å². The molecule has 21 heavy (non-hydrogen) atoms. The molecule has 2 rings (SSSR count). The van der Waals surface area contributed by atoms with Crippen LogP contribution in [0.3, 0.4) is 0 Å². The molecule has 0 radical (unpaired) electrons. The highest BCUT2D eigenvalue weighted by Crippen LogP contribution is 2.31. The second-order valence-electron chi connectivity index (χ2n) is 5.20. The number of urea groups is 1. The smallest absolute Gasteiger partial charge is 0.331 e. The Morgan fingerprint density at radius 1 is 1.29 bits per heavy atom. The van der Waals surface area contributed by atoms with Crippen LogP contribution in [-0.2, 0) is 16.1 Å². The van der Waals surface area contributed by atoms with Crippen LogP contribution < -0.4 is 10.1 Å². The predicted octanol–water partition coefficient (Wildman–Crippen LogP) is 1.95. The summed E-state index contributed by atoms with van der Waals surface area (Å²) < 4.78 is 5.19. The molecule has 4 amide bonds. The molecule has 6 nitrogen and oxygen atoms in total. The van der Waals surface area contributed by atoms with Crippen LogP contribution in [0.4, 0.5) is 4.79 Å². The van der Waals surface area contributed by atoms with Crippen LogP contribution in [0.15, 0.2) is 18.2 Å². The molecule has 0 atom stereocenters. The second kappa shape index (κ2) is 5.37. The number of halogens is 1. The maximum Gasteiger partial charge on any atom is 0.331 e. The minimum atomic E-state index is -1.30. The van der Waals surface area contributed by atoms with E-state index in [2.05, 4.69) is 5.32 Å². The van der Waals surface area contributed by atoms with Gasteiger partial charge in [0.1, 0.15) is 11.2 Å². The summed E-state index contributed by atoms with van der Waals surface area (Å²) in [6.07, 6.45) is 0. The third-order valence-electron chi connectivity index (χ3n) is 3.43. The SMILES string of the molecule is COc1cccc(Cl)c1CN1C(=O)NC(=O)C(C)(C)C1=O. The fraction of sp³-hybridized carbons (Fsp3) is 0.357. The Balaban J connectivity index is 2.37. The zero-order chi connectivity index (χ0) is 15.8. The van der Waals surface area contributed by atoms with E-state index in [9.17, 15) is 14.4 Å². The molecular formula is C14H15ClN2O4. The summed E-state index contributed by atoms with van der Waals surface area (Å²) in [6, 6.07) is 4.27. The third-order valence-corrected chi connectivity index (χ3v) is 3.78. The first kappa shape index (κ1) is 15.3. The van der Waals surface area contributed by atoms with Crippen LogP contribution in [0.5, 0.6) is 5.75 Å². The molecule has 0 saturated carbocycles. The summed E-state index contributed by atoms with van der Waals surface area (Å²) in [5.74, 6) is -0.712. The largest absolute Gasteiger partial charge is 0.496 e. The molecule has 0 spiro atoms. The molecular weight excluding hydrogens is 296 g/mol. The number of amides is 4. The minimum absolute atomic E-state index is 0.0653. The summed E-state index contributed by atoms with van der Waals surface area (Å²) in [6.45, 7) is 2.87. The molecule has 1 saturated heterocycles. The lowest BCUT2D eigenvalue weighted by Gasteiger charge is -2.34. The van der Waals surface area contributed by atoms with Crippen molar-refractivity contribution in [2.45, 2.75) is 20.4 Å². The van der Waals surface area contributed by atoms with E-state index in [4.69, 9.17) is 16.3 Å². The van der Waals surface area contributed by atoms with Gasteiger partial charge in [-0.25, -0.2) is 4.79 Å². The number of nitrogens with zero attached hydrogens (tertiary/aromatic N) is 1. The van der Waals surface area contributed by atoms with Crippen molar-refractivity contribution in [1.82, 2.24) is 10.2 Å². The minimum Gasteiger partial charge on any atom is -0.496 e.